The van der Waals surface area contributed by atoms with Gasteiger partial charge in [0.25, 0.3) is 0 Å². The molecule has 0 bridgehead atoms. The predicted molar refractivity (Wildman–Crippen MR) is 84.6 cm³/mol. The van der Waals surface area contributed by atoms with Crippen molar-refractivity contribution < 1.29 is 4.79 Å². The van der Waals surface area contributed by atoms with Gasteiger partial charge in [-0.25, -0.2) is 0 Å². The van der Waals surface area contributed by atoms with E-state index in [1.165, 1.54) is 0 Å². The van der Waals surface area contributed by atoms with Gasteiger partial charge in [-0.2, -0.15) is 0 Å². The van der Waals surface area contributed by atoms with Crippen molar-refractivity contribution in [2.45, 2.75) is 6.42 Å². The maximum Gasteiger partial charge on any atom is 0.226 e. The summed E-state index contributed by atoms with van der Waals surface area (Å²) in [7, 11) is 0. The van der Waals surface area contributed by atoms with E-state index in [0.29, 0.717) is 23.0 Å². The van der Waals surface area contributed by atoms with Crippen LogP contribution in [0.15, 0.2) is 48.5 Å². The second kappa shape index (κ2) is 7.17. The second-order valence-corrected chi connectivity index (χ2v) is 5.12. The SMILES string of the molecule is O=C(CCNc1cccc(Cl)c1)Nc1ccc(Cl)cc1. The number of hydrogen-bond acceptors (Lipinski definition) is 2. The van der Waals surface area contributed by atoms with Crippen LogP contribution in [0.3, 0.4) is 0 Å². The summed E-state index contributed by atoms with van der Waals surface area (Å²) in [5, 5.41) is 7.26. The molecule has 2 rings (SSSR count). The highest BCUT2D eigenvalue weighted by atomic mass is 35.5. The number of carbonyl (C=O) groups is 1. The van der Waals surface area contributed by atoms with Crippen LogP contribution >= 0.6 is 23.2 Å². The molecule has 0 atom stereocenters. The maximum absolute atomic E-state index is 11.7. The smallest absolute Gasteiger partial charge is 0.226 e. The first-order valence-corrected chi connectivity index (χ1v) is 6.94. The zero-order valence-corrected chi connectivity index (χ0v) is 12.2. The van der Waals surface area contributed by atoms with E-state index in [9.17, 15) is 4.79 Å². The van der Waals surface area contributed by atoms with Crippen molar-refractivity contribution in [3.05, 3.63) is 58.6 Å². The molecule has 104 valence electrons. The van der Waals surface area contributed by atoms with E-state index in [-0.39, 0.29) is 5.91 Å². The van der Waals surface area contributed by atoms with E-state index in [1.54, 1.807) is 30.3 Å². The van der Waals surface area contributed by atoms with Crippen molar-refractivity contribution in [2.24, 2.45) is 0 Å². The first-order valence-electron chi connectivity index (χ1n) is 6.18. The number of carbonyl (C=O) groups excluding carboxylic acids is 1. The van der Waals surface area contributed by atoms with Crippen molar-refractivity contribution in [2.75, 3.05) is 17.2 Å². The minimum absolute atomic E-state index is 0.0538. The third-order valence-corrected chi connectivity index (χ3v) is 3.12. The Labute approximate surface area is 127 Å². The first-order chi connectivity index (χ1) is 9.63. The number of hydrogen-bond donors (Lipinski definition) is 2. The number of benzene rings is 2. The first kappa shape index (κ1) is 14.7. The molecule has 5 heteroatoms. The lowest BCUT2D eigenvalue weighted by Crippen LogP contribution is -2.16. The van der Waals surface area contributed by atoms with E-state index in [0.717, 1.165) is 11.4 Å². The molecule has 0 aliphatic rings. The van der Waals surface area contributed by atoms with E-state index in [4.69, 9.17) is 23.2 Å². The van der Waals surface area contributed by atoms with Gasteiger partial charge in [0.2, 0.25) is 5.91 Å². The summed E-state index contributed by atoms with van der Waals surface area (Å²) in [6.07, 6.45) is 0.370. The van der Waals surface area contributed by atoms with Crippen molar-refractivity contribution in [1.82, 2.24) is 0 Å². The Bertz CT molecular complexity index is 585. The lowest BCUT2D eigenvalue weighted by Gasteiger charge is -2.08. The Kier molecular flexibility index (Phi) is 5.27. The van der Waals surface area contributed by atoms with Gasteiger partial charge in [-0.1, -0.05) is 29.3 Å². The molecule has 2 aromatic carbocycles. The molecule has 0 radical (unpaired) electrons. The fourth-order valence-corrected chi connectivity index (χ4v) is 1.99. The van der Waals surface area contributed by atoms with Crippen LogP contribution < -0.4 is 10.6 Å². The molecular formula is C15H14Cl2N2O. The molecule has 0 heterocycles. The highest BCUT2D eigenvalue weighted by Crippen LogP contribution is 2.15. The van der Waals surface area contributed by atoms with Gasteiger partial charge in [0.1, 0.15) is 0 Å². The molecule has 0 aliphatic carbocycles. The Morgan fingerprint density at radius 1 is 0.950 bits per heavy atom. The molecule has 0 fully saturated rings. The molecule has 0 aromatic heterocycles. The minimum Gasteiger partial charge on any atom is -0.384 e. The highest BCUT2D eigenvalue weighted by molar-refractivity contribution is 6.31. The molecule has 1 amide bonds. The van der Waals surface area contributed by atoms with Crippen LogP contribution in [-0.4, -0.2) is 12.5 Å². The molecule has 0 saturated heterocycles. The number of rotatable bonds is 5. The van der Waals surface area contributed by atoms with Crippen LogP contribution in [0.2, 0.25) is 10.0 Å². The lowest BCUT2D eigenvalue weighted by molar-refractivity contribution is -0.115. The lowest BCUT2D eigenvalue weighted by atomic mass is 10.3. The van der Waals surface area contributed by atoms with Crippen LogP contribution in [0.4, 0.5) is 11.4 Å². The summed E-state index contributed by atoms with van der Waals surface area (Å²) in [6, 6.07) is 14.4. The Morgan fingerprint density at radius 3 is 2.40 bits per heavy atom. The van der Waals surface area contributed by atoms with Gasteiger partial charge in [0.05, 0.1) is 0 Å². The van der Waals surface area contributed by atoms with E-state index >= 15 is 0 Å². The summed E-state index contributed by atoms with van der Waals surface area (Å²) in [6.45, 7) is 0.541. The molecule has 0 saturated carbocycles. The average molecular weight is 309 g/mol. The predicted octanol–water partition coefficient (Wildman–Crippen LogP) is 4.43. The largest absolute Gasteiger partial charge is 0.384 e. The molecular weight excluding hydrogens is 295 g/mol. The van der Waals surface area contributed by atoms with E-state index in [1.807, 2.05) is 18.2 Å². The Morgan fingerprint density at radius 2 is 1.70 bits per heavy atom. The zero-order valence-electron chi connectivity index (χ0n) is 10.7. The van der Waals surface area contributed by atoms with Crippen molar-refractivity contribution in [1.29, 1.82) is 0 Å². The second-order valence-electron chi connectivity index (χ2n) is 4.24. The third-order valence-electron chi connectivity index (χ3n) is 2.63. The molecule has 0 unspecified atom stereocenters. The number of nitrogens with one attached hydrogen (secondary N) is 2. The molecule has 3 nitrogen and oxygen atoms in total. The maximum atomic E-state index is 11.7. The van der Waals surface area contributed by atoms with Gasteiger partial charge in [0.15, 0.2) is 0 Å². The van der Waals surface area contributed by atoms with E-state index in [2.05, 4.69) is 10.6 Å². The fourth-order valence-electron chi connectivity index (χ4n) is 1.68. The standard InChI is InChI=1S/C15H14Cl2N2O/c16-11-4-6-13(7-5-11)19-15(20)8-9-18-14-3-1-2-12(17)10-14/h1-7,10,18H,8-9H2,(H,19,20). The fraction of sp³-hybridized carbons (Fsp3) is 0.133. The van der Waals surface area contributed by atoms with Crippen molar-refractivity contribution in [3.8, 4) is 0 Å². The van der Waals surface area contributed by atoms with Crippen LogP contribution in [0.5, 0.6) is 0 Å². The summed E-state index contributed by atoms with van der Waals surface area (Å²) < 4.78 is 0. The van der Waals surface area contributed by atoms with Gasteiger partial charge >= 0.3 is 0 Å². The Balaban J connectivity index is 1.76. The van der Waals surface area contributed by atoms with Gasteiger partial charge in [-0.3, -0.25) is 4.79 Å². The number of halogens is 2. The molecule has 2 N–H and O–H groups in total. The van der Waals surface area contributed by atoms with Gasteiger partial charge < -0.3 is 10.6 Å². The van der Waals surface area contributed by atoms with Crippen LogP contribution in [0, 0.1) is 0 Å². The van der Waals surface area contributed by atoms with Gasteiger partial charge in [-0.15, -0.1) is 0 Å². The number of anilines is 2. The summed E-state index contributed by atoms with van der Waals surface area (Å²) >= 11 is 11.7. The molecule has 2 aromatic rings. The minimum atomic E-state index is -0.0538. The van der Waals surface area contributed by atoms with Crippen molar-refractivity contribution in [3.63, 3.8) is 0 Å². The van der Waals surface area contributed by atoms with Crippen molar-refractivity contribution >= 4 is 40.5 Å². The summed E-state index contributed by atoms with van der Waals surface area (Å²) in [5.41, 5.74) is 1.64. The molecule has 20 heavy (non-hydrogen) atoms. The normalized spacial score (nSPS) is 10.1. The Hall–Kier alpha value is -1.71. The summed E-state index contributed by atoms with van der Waals surface area (Å²) in [5.74, 6) is -0.0538. The monoisotopic (exact) mass is 308 g/mol. The van der Waals surface area contributed by atoms with Crippen LogP contribution in [0.1, 0.15) is 6.42 Å². The third kappa shape index (κ3) is 4.76. The highest BCUT2D eigenvalue weighted by Gasteiger charge is 2.02. The average Bonchev–Trinajstić information content (AvgIpc) is 2.41. The number of amides is 1. The van der Waals surface area contributed by atoms with E-state index < -0.39 is 0 Å². The zero-order chi connectivity index (χ0) is 14.4. The van der Waals surface area contributed by atoms with Gasteiger partial charge in [-0.05, 0) is 42.5 Å². The quantitative estimate of drug-likeness (QED) is 0.857. The molecule has 0 spiro atoms. The van der Waals surface area contributed by atoms with Crippen LogP contribution in [0.25, 0.3) is 0 Å². The summed E-state index contributed by atoms with van der Waals surface area (Å²) in [4.78, 5) is 11.7. The van der Waals surface area contributed by atoms with Crippen LogP contribution in [-0.2, 0) is 4.79 Å². The molecule has 0 aliphatic heterocycles. The van der Waals surface area contributed by atoms with Gasteiger partial charge in [0, 0.05) is 34.4 Å². The topological polar surface area (TPSA) is 41.1 Å².